The molecule has 7 rings (SSSR count). The lowest BCUT2D eigenvalue weighted by atomic mass is 9.91. The van der Waals surface area contributed by atoms with Gasteiger partial charge in [-0.3, -0.25) is 0 Å². The van der Waals surface area contributed by atoms with Crippen LogP contribution in [0.25, 0.3) is 76.8 Å². The van der Waals surface area contributed by atoms with E-state index in [9.17, 15) is 0 Å². The number of hydrogen-bond acceptors (Lipinski definition) is 1. The van der Waals surface area contributed by atoms with Gasteiger partial charge in [-0.2, -0.15) is 0 Å². The fraction of sp³-hybridized carbons (Fsp3) is 0.0270. The zero-order valence-electron chi connectivity index (χ0n) is 21.2. The molecule has 0 bridgehead atoms. The number of allylic oxidation sites excluding steroid dienone is 1. The lowest BCUT2D eigenvalue weighted by Crippen LogP contribution is -1.86. The molecule has 1 heteroatoms. The fourth-order valence-corrected chi connectivity index (χ4v) is 7.00. The van der Waals surface area contributed by atoms with E-state index in [4.69, 9.17) is 0 Å². The van der Waals surface area contributed by atoms with Crippen molar-refractivity contribution in [2.75, 3.05) is 0 Å². The molecule has 0 atom stereocenters. The van der Waals surface area contributed by atoms with Crippen LogP contribution < -0.4 is 0 Å². The van der Waals surface area contributed by atoms with Gasteiger partial charge in [-0.25, -0.2) is 0 Å². The first-order valence-electron chi connectivity index (χ1n) is 13.0. The molecular weight excluding hydrogens is 476 g/mol. The molecular formula is C37H26S. The van der Waals surface area contributed by atoms with Crippen LogP contribution in [0, 0.1) is 0 Å². The topological polar surface area (TPSA) is 0 Å². The first-order valence-corrected chi connectivity index (χ1v) is 13.8. The Labute approximate surface area is 226 Å². The van der Waals surface area contributed by atoms with Gasteiger partial charge < -0.3 is 0 Å². The Morgan fingerprint density at radius 1 is 0.553 bits per heavy atom. The second-order valence-corrected chi connectivity index (χ2v) is 10.8. The lowest BCUT2D eigenvalue weighted by Gasteiger charge is -2.12. The third-order valence-corrected chi connectivity index (χ3v) is 8.80. The van der Waals surface area contributed by atoms with Crippen LogP contribution in [-0.4, -0.2) is 0 Å². The number of hydrogen-bond donors (Lipinski definition) is 0. The van der Waals surface area contributed by atoms with Gasteiger partial charge in [0.15, 0.2) is 0 Å². The van der Waals surface area contributed by atoms with E-state index in [1.54, 1.807) is 0 Å². The van der Waals surface area contributed by atoms with Gasteiger partial charge in [0, 0.05) is 15.0 Å². The van der Waals surface area contributed by atoms with Crippen molar-refractivity contribution in [3.63, 3.8) is 0 Å². The second-order valence-electron chi connectivity index (χ2n) is 9.70. The van der Waals surface area contributed by atoms with Crippen molar-refractivity contribution in [2.45, 2.75) is 6.92 Å². The molecule has 6 aromatic carbocycles. The van der Waals surface area contributed by atoms with Crippen LogP contribution in [-0.2, 0) is 0 Å². The Kier molecular flexibility index (Phi) is 5.46. The molecule has 0 unspecified atom stereocenters. The SMILES string of the molecule is C=Cc1sc2c(-c3cccc(-c4ccc5c6ccccc6c6ccccc6c5c4)c3)cccc2c1/C=C\C. The van der Waals surface area contributed by atoms with E-state index in [1.807, 2.05) is 17.4 Å². The summed E-state index contributed by atoms with van der Waals surface area (Å²) in [5.74, 6) is 0. The van der Waals surface area contributed by atoms with Gasteiger partial charge in [0.25, 0.3) is 0 Å². The van der Waals surface area contributed by atoms with Gasteiger partial charge in [-0.1, -0.05) is 122 Å². The summed E-state index contributed by atoms with van der Waals surface area (Å²) < 4.78 is 1.31. The Morgan fingerprint density at radius 3 is 1.82 bits per heavy atom. The Bertz CT molecular complexity index is 2020. The van der Waals surface area contributed by atoms with Crippen molar-refractivity contribution in [3.8, 4) is 22.3 Å². The van der Waals surface area contributed by atoms with Crippen molar-refractivity contribution in [2.24, 2.45) is 0 Å². The van der Waals surface area contributed by atoms with Gasteiger partial charge in [0.1, 0.15) is 0 Å². The molecule has 0 fully saturated rings. The van der Waals surface area contributed by atoms with Gasteiger partial charge in [-0.15, -0.1) is 11.3 Å². The van der Waals surface area contributed by atoms with E-state index in [2.05, 4.69) is 135 Å². The molecule has 0 nitrogen and oxygen atoms in total. The maximum absolute atomic E-state index is 4.07. The molecule has 1 aromatic heterocycles. The summed E-state index contributed by atoms with van der Waals surface area (Å²) in [4.78, 5) is 1.22. The normalized spacial score (nSPS) is 11.8. The third-order valence-electron chi connectivity index (χ3n) is 7.55. The molecule has 0 N–H and O–H groups in total. The Balaban J connectivity index is 1.43. The first kappa shape index (κ1) is 22.7. The van der Waals surface area contributed by atoms with E-state index in [1.165, 1.54) is 75.1 Å². The standard InChI is InChI=1S/C37H26S/c1-3-11-33-34-19-10-18-27(37(34)38-36(33)4-2)26-13-9-12-24(22-26)25-20-21-32-30-16-6-5-14-28(30)29-15-7-8-17-31(29)35(32)23-25/h3-23H,2H2,1H3/b11-3-. The summed E-state index contributed by atoms with van der Waals surface area (Å²) >= 11 is 1.82. The van der Waals surface area contributed by atoms with E-state index >= 15 is 0 Å². The molecule has 0 amide bonds. The van der Waals surface area contributed by atoms with Gasteiger partial charge in [-0.05, 0) is 79.2 Å². The Morgan fingerprint density at radius 2 is 1.13 bits per heavy atom. The molecule has 0 radical (unpaired) electrons. The smallest absolute Gasteiger partial charge is 0.0433 e. The van der Waals surface area contributed by atoms with Crippen LogP contribution >= 0.6 is 11.3 Å². The molecule has 38 heavy (non-hydrogen) atoms. The quantitative estimate of drug-likeness (QED) is 0.210. The summed E-state index contributed by atoms with van der Waals surface area (Å²) in [6, 6.07) is 40.1. The fourth-order valence-electron chi connectivity index (χ4n) is 5.83. The average Bonchev–Trinajstić information content (AvgIpc) is 3.35. The predicted molar refractivity (Wildman–Crippen MR) is 170 cm³/mol. The maximum Gasteiger partial charge on any atom is 0.0433 e. The van der Waals surface area contributed by atoms with Crippen LogP contribution in [0.1, 0.15) is 17.4 Å². The summed E-state index contributed by atoms with van der Waals surface area (Å²) in [5.41, 5.74) is 6.23. The number of fused-ring (bicyclic) bond motifs is 7. The minimum atomic E-state index is 1.22. The van der Waals surface area contributed by atoms with E-state index in [0.717, 1.165) is 0 Å². The maximum atomic E-state index is 4.07. The van der Waals surface area contributed by atoms with Gasteiger partial charge in [0.2, 0.25) is 0 Å². The molecule has 0 saturated carbocycles. The van der Waals surface area contributed by atoms with Gasteiger partial charge >= 0.3 is 0 Å². The number of benzene rings is 6. The van der Waals surface area contributed by atoms with Crippen molar-refractivity contribution < 1.29 is 0 Å². The largest absolute Gasteiger partial charge is 0.135 e. The minimum Gasteiger partial charge on any atom is -0.135 e. The van der Waals surface area contributed by atoms with Crippen molar-refractivity contribution in [3.05, 3.63) is 132 Å². The van der Waals surface area contributed by atoms with Crippen LogP contribution in [0.4, 0.5) is 0 Å². The highest BCUT2D eigenvalue weighted by molar-refractivity contribution is 7.20. The highest BCUT2D eigenvalue weighted by atomic mass is 32.1. The van der Waals surface area contributed by atoms with E-state index in [-0.39, 0.29) is 0 Å². The molecule has 7 aromatic rings. The monoisotopic (exact) mass is 502 g/mol. The van der Waals surface area contributed by atoms with E-state index < -0.39 is 0 Å². The van der Waals surface area contributed by atoms with Gasteiger partial charge in [0.05, 0.1) is 0 Å². The van der Waals surface area contributed by atoms with Crippen molar-refractivity contribution >= 4 is 65.9 Å². The predicted octanol–water partition coefficient (Wildman–Crippen LogP) is 11.4. The van der Waals surface area contributed by atoms with E-state index in [0.29, 0.717) is 0 Å². The zero-order valence-corrected chi connectivity index (χ0v) is 22.1. The summed E-state index contributed by atoms with van der Waals surface area (Å²) in [7, 11) is 0. The highest BCUT2D eigenvalue weighted by Gasteiger charge is 2.14. The van der Waals surface area contributed by atoms with Crippen LogP contribution in [0.15, 0.2) is 122 Å². The number of thiophene rings is 1. The molecule has 0 spiro atoms. The van der Waals surface area contributed by atoms with Crippen molar-refractivity contribution in [1.29, 1.82) is 0 Å². The summed E-state index contributed by atoms with van der Waals surface area (Å²) in [5, 5.41) is 9.11. The molecule has 0 saturated heterocycles. The second kappa shape index (κ2) is 9.13. The summed E-state index contributed by atoms with van der Waals surface area (Å²) in [6.45, 7) is 6.14. The highest BCUT2D eigenvalue weighted by Crippen LogP contribution is 2.41. The minimum absolute atomic E-state index is 1.22. The third kappa shape index (κ3) is 3.51. The lowest BCUT2D eigenvalue weighted by molar-refractivity contribution is 1.63. The first-order chi connectivity index (χ1) is 18.8. The Hall–Kier alpha value is -4.46. The van der Waals surface area contributed by atoms with Crippen LogP contribution in [0.3, 0.4) is 0 Å². The zero-order chi connectivity index (χ0) is 25.6. The number of rotatable bonds is 4. The molecule has 1 heterocycles. The van der Waals surface area contributed by atoms with Crippen LogP contribution in [0.2, 0.25) is 0 Å². The molecule has 0 aliphatic rings. The molecule has 0 aliphatic heterocycles. The van der Waals surface area contributed by atoms with Crippen LogP contribution in [0.5, 0.6) is 0 Å². The summed E-state index contributed by atoms with van der Waals surface area (Å²) in [6.07, 6.45) is 6.27. The molecule has 180 valence electrons. The molecule has 0 aliphatic carbocycles. The average molecular weight is 503 g/mol. The van der Waals surface area contributed by atoms with Crippen molar-refractivity contribution in [1.82, 2.24) is 0 Å².